The minimum absolute atomic E-state index is 0.0687. The van der Waals surface area contributed by atoms with Crippen LogP contribution in [0.25, 0.3) is 0 Å². The van der Waals surface area contributed by atoms with Crippen molar-refractivity contribution in [3.05, 3.63) is 72.9 Å². The van der Waals surface area contributed by atoms with Gasteiger partial charge in [-0.25, -0.2) is 0 Å². The molecule has 81 heavy (non-hydrogen) atoms. The average Bonchev–Trinajstić information content (AvgIpc) is 3.47. The van der Waals surface area contributed by atoms with E-state index < -0.39 is 6.10 Å². The van der Waals surface area contributed by atoms with E-state index in [1.807, 2.05) is 0 Å². The van der Waals surface area contributed by atoms with Crippen molar-refractivity contribution in [3.8, 4) is 0 Å². The summed E-state index contributed by atoms with van der Waals surface area (Å²) in [4.78, 5) is 38.4. The molecule has 0 aliphatic heterocycles. The Morgan fingerprint density at radius 2 is 0.481 bits per heavy atom. The van der Waals surface area contributed by atoms with Crippen LogP contribution in [-0.2, 0) is 28.6 Å². The molecular weight excluding hydrogens is 997 g/mol. The molecule has 6 heteroatoms. The average molecular weight is 1130 g/mol. The Labute approximate surface area is 503 Å². The van der Waals surface area contributed by atoms with Gasteiger partial charge in [0.2, 0.25) is 0 Å². The summed E-state index contributed by atoms with van der Waals surface area (Å²) in [5, 5.41) is 0. The molecule has 0 saturated carbocycles. The van der Waals surface area contributed by atoms with Gasteiger partial charge in [0.25, 0.3) is 0 Å². The maximum Gasteiger partial charge on any atom is 0.306 e. The minimum atomic E-state index is -0.773. The molecule has 1 atom stereocenters. The molecule has 0 amide bonds. The summed E-state index contributed by atoms with van der Waals surface area (Å²) in [5.74, 6) is -0.845. The molecule has 6 nitrogen and oxygen atoms in total. The summed E-state index contributed by atoms with van der Waals surface area (Å²) in [7, 11) is 0. The Balaban J connectivity index is 4.23. The maximum absolute atomic E-state index is 12.9. The van der Waals surface area contributed by atoms with Crippen molar-refractivity contribution >= 4 is 17.9 Å². The highest BCUT2D eigenvalue weighted by molar-refractivity contribution is 5.71. The fourth-order valence-corrected chi connectivity index (χ4v) is 10.5. The molecule has 1 unspecified atom stereocenters. The zero-order valence-corrected chi connectivity index (χ0v) is 54.1. The van der Waals surface area contributed by atoms with Crippen molar-refractivity contribution in [1.82, 2.24) is 0 Å². The molecule has 0 rings (SSSR count). The van der Waals surface area contributed by atoms with E-state index in [4.69, 9.17) is 14.2 Å². The van der Waals surface area contributed by atoms with Gasteiger partial charge in [-0.1, -0.05) is 351 Å². The Morgan fingerprint density at radius 3 is 0.753 bits per heavy atom. The van der Waals surface area contributed by atoms with Crippen LogP contribution >= 0.6 is 0 Å². The first kappa shape index (κ1) is 77.9. The highest BCUT2D eigenvalue weighted by Crippen LogP contribution is 2.18. The summed E-state index contributed by atoms with van der Waals surface area (Å²) in [6.07, 6.45) is 90.7. The second kappa shape index (κ2) is 69.3. The predicted octanol–water partition coefficient (Wildman–Crippen LogP) is 24.4. The van der Waals surface area contributed by atoms with Gasteiger partial charge in [0, 0.05) is 19.3 Å². The first-order chi connectivity index (χ1) is 40.0. The van der Waals surface area contributed by atoms with Crippen LogP contribution in [0.1, 0.15) is 367 Å². The van der Waals surface area contributed by atoms with E-state index in [0.717, 1.165) is 96.3 Å². The number of carbonyl (C=O) groups is 3. The number of hydrogen-bond donors (Lipinski definition) is 0. The molecule has 0 aliphatic carbocycles. The lowest BCUT2D eigenvalue weighted by atomic mass is 10.0. The second-order valence-electron chi connectivity index (χ2n) is 23.8. The number of carbonyl (C=O) groups excluding carboxylic acids is 3. The molecule has 0 aromatic rings. The highest BCUT2D eigenvalue weighted by Gasteiger charge is 2.19. The van der Waals surface area contributed by atoms with Crippen LogP contribution in [0.15, 0.2) is 72.9 Å². The van der Waals surface area contributed by atoms with Gasteiger partial charge < -0.3 is 14.2 Å². The summed E-state index contributed by atoms with van der Waals surface area (Å²) in [5.41, 5.74) is 0. The number of allylic oxidation sites excluding steroid dienone is 12. The lowest BCUT2D eigenvalue weighted by Crippen LogP contribution is -2.30. The molecule has 0 N–H and O–H groups in total. The quantitative estimate of drug-likeness (QED) is 0.0261. The van der Waals surface area contributed by atoms with Crippen molar-refractivity contribution in [2.45, 2.75) is 374 Å². The van der Waals surface area contributed by atoms with Crippen LogP contribution in [0.2, 0.25) is 0 Å². The third-order valence-corrected chi connectivity index (χ3v) is 15.7. The van der Waals surface area contributed by atoms with E-state index in [9.17, 15) is 14.4 Å². The molecule has 0 fully saturated rings. The van der Waals surface area contributed by atoms with Crippen LogP contribution in [0.5, 0.6) is 0 Å². The fourth-order valence-electron chi connectivity index (χ4n) is 10.5. The van der Waals surface area contributed by atoms with E-state index in [1.165, 1.54) is 231 Å². The highest BCUT2D eigenvalue weighted by atomic mass is 16.6. The molecule has 0 aromatic carbocycles. The van der Waals surface area contributed by atoms with Gasteiger partial charge in [0.15, 0.2) is 6.10 Å². The molecule has 0 radical (unpaired) electrons. The smallest absolute Gasteiger partial charge is 0.306 e. The molecule has 0 bridgehead atoms. The topological polar surface area (TPSA) is 78.9 Å². The Hall–Kier alpha value is -3.15. The molecule has 0 aromatic heterocycles. The molecular formula is C75H134O6. The van der Waals surface area contributed by atoms with Crippen molar-refractivity contribution in [1.29, 1.82) is 0 Å². The van der Waals surface area contributed by atoms with E-state index in [2.05, 4.69) is 93.7 Å². The van der Waals surface area contributed by atoms with Crippen LogP contribution in [-0.4, -0.2) is 37.2 Å². The third-order valence-electron chi connectivity index (χ3n) is 15.7. The number of rotatable bonds is 65. The van der Waals surface area contributed by atoms with Crippen molar-refractivity contribution < 1.29 is 28.6 Å². The van der Waals surface area contributed by atoms with Gasteiger partial charge in [-0.15, -0.1) is 0 Å². The molecule has 0 spiro atoms. The number of esters is 3. The first-order valence-electron chi connectivity index (χ1n) is 35.4. The summed E-state index contributed by atoms with van der Waals surface area (Å²) in [6, 6.07) is 0. The Bertz CT molecular complexity index is 1490. The van der Waals surface area contributed by atoms with E-state index in [-0.39, 0.29) is 31.1 Å². The second-order valence-corrected chi connectivity index (χ2v) is 23.8. The molecule has 0 aliphatic rings. The van der Waals surface area contributed by atoms with Gasteiger partial charge in [-0.2, -0.15) is 0 Å². The van der Waals surface area contributed by atoms with Gasteiger partial charge in [-0.3, -0.25) is 14.4 Å². The zero-order chi connectivity index (χ0) is 58.5. The Kier molecular flexibility index (Phi) is 66.6. The van der Waals surface area contributed by atoms with Crippen LogP contribution < -0.4 is 0 Å². The van der Waals surface area contributed by atoms with Gasteiger partial charge in [0.05, 0.1) is 0 Å². The largest absolute Gasteiger partial charge is 0.462 e. The third kappa shape index (κ3) is 67.5. The van der Waals surface area contributed by atoms with E-state index >= 15 is 0 Å². The fraction of sp³-hybridized carbons (Fsp3) is 0.800. The first-order valence-corrected chi connectivity index (χ1v) is 35.4. The standard InChI is InChI=1S/C75H134O6/c1-4-7-10-13-16-19-22-25-28-30-31-32-33-34-35-36-37-38-39-40-41-42-43-45-47-50-53-56-59-62-65-68-74(77)80-71-72(70-79-73(76)67-64-61-58-55-52-49-46-27-24-21-18-15-12-9-6-3)81-75(78)69-66-63-60-57-54-51-48-44-29-26-23-20-17-14-11-8-5-2/h7,10,16,19,25,28,31-32,34-35,37-38,72H,4-6,8-9,11-15,17-18,20-24,26-27,29-30,33,36,39-71H2,1-3H3/b10-7-,19-16-,28-25-,32-31-,35-34-,38-37-. The normalized spacial score (nSPS) is 12.5. The van der Waals surface area contributed by atoms with Gasteiger partial charge in [0.1, 0.15) is 13.2 Å². The minimum Gasteiger partial charge on any atom is -0.462 e. The summed E-state index contributed by atoms with van der Waals surface area (Å²) < 4.78 is 17.0. The van der Waals surface area contributed by atoms with Gasteiger partial charge in [-0.05, 0) is 70.6 Å². The van der Waals surface area contributed by atoms with Crippen LogP contribution in [0.3, 0.4) is 0 Å². The summed E-state index contributed by atoms with van der Waals surface area (Å²) in [6.45, 7) is 6.59. The van der Waals surface area contributed by atoms with Gasteiger partial charge >= 0.3 is 17.9 Å². The number of hydrogen-bond acceptors (Lipinski definition) is 6. The Morgan fingerprint density at radius 1 is 0.259 bits per heavy atom. The van der Waals surface area contributed by atoms with Crippen LogP contribution in [0, 0.1) is 0 Å². The number of unbranched alkanes of at least 4 members (excludes halogenated alkanes) is 42. The van der Waals surface area contributed by atoms with E-state index in [0.29, 0.717) is 19.3 Å². The maximum atomic E-state index is 12.9. The lowest BCUT2D eigenvalue weighted by molar-refractivity contribution is -0.167. The van der Waals surface area contributed by atoms with E-state index in [1.54, 1.807) is 0 Å². The lowest BCUT2D eigenvalue weighted by Gasteiger charge is -2.18. The predicted molar refractivity (Wildman–Crippen MR) is 353 cm³/mol. The van der Waals surface area contributed by atoms with Crippen molar-refractivity contribution in [2.24, 2.45) is 0 Å². The van der Waals surface area contributed by atoms with Crippen molar-refractivity contribution in [3.63, 3.8) is 0 Å². The molecule has 470 valence electrons. The zero-order valence-electron chi connectivity index (χ0n) is 54.1. The molecule has 0 heterocycles. The van der Waals surface area contributed by atoms with Crippen molar-refractivity contribution in [2.75, 3.05) is 13.2 Å². The monoisotopic (exact) mass is 1130 g/mol. The SMILES string of the molecule is CC/C=C\C/C=C\C/C=C\C/C=C\C/C=C\C/C=C\CCCCCCCCCCCCCCC(=O)OCC(COC(=O)CCCCCCCCCCCCCCCCC)OC(=O)CCCCCCCCCCCCCCCCCCC. The molecule has 0 saturated heterocycles. The summed E-state index contributed by atoms with van der Waals surface area (Å²) >= 11 is 0. The number of ether oxygens (including phenoxy) is 3. The van der Waals surface area contributed by atoms with Crippen LogP contribution in [0.4, 0.5) is 0 Å².